The van der Waals surface area contributed by atoms with Gasteiger partial charge in [-0.05, 0) is 24.7 Å². The lowest BCUT2D eigenvalue weighted by Crippen LogP contribution is -2.28. The molecule has 5 heteroatoms. The molecule has 1 aliphatic carbocycles. The van der Waals surface area contributed by atoms with Crippen LogP contribution in [-0.4, -0.2) is 27.6 Å². The van der Waals surface area contributed by atoms with Crippen LogP contribution in [0.4, 0.5) is 0 Å². The van der Waals surface area contributed by atoms with Crippen LogP contribution in [0.3, 0.4) is 0 Å². The Morgan fingerprint density at radius 3 is 2.90 bits per heavy atom. The van der Waals surface area contributed by atoms with E-state index in [-0.39, 0.29) is 17.6 Å². The molecular weight excluding hydrogens is 252 g/mol. The van der Waals surface area contributed by atoms with Gasteiger partial charge in [0, 0.05) is 12.5 Å². The normalized spacial score (nSPS) is 23.0. The van der Waals surface area contributed by atoms with E-state index in [1.54, 1.807) is 0 Å². The van der Waals surface area contributed by atoms with E-state index in [1.165, 1.54) is 25.7 Å². The van der Waals surface area contributed by atoms with Gasteiger partial charge in [0.25, 0.3) is 5.91 Å². The molecule has 1 aromatic heterocycles. The van der Waals surface area contributed by atoms with Crippen LogP contribution in [0.2, 0.25) is 0 Å². The standard InChI is InChI=1S/C15H26N4O/c1-10(2)13-17-14(19-18-13)15(20)16-8-7-12-6-4-5-11(3)9-12/h10-12H,4-9H2,1-3H3,(H,16,20)(H,17,18,19). The third kappa shape index (κ3) is 4.05. The van der Waals surface area contributed by atoms with Crippen LogP contribution in [-0.2, 0) is 0 Å². The second-order valence-electron chi connectivity index (χ2n) is 6.38. The van der Waals surface area contributed by atoms with Crippen molar-refractivity contribution < 1.29 is 4.79 Å². The van der Waals surface area contributed by atoms with Gasteiger partial charge in [-0.15, -0.1) is 5.10 Å². The summed E-state index contributed by atoms with van der Waals surface area (Å²) in [5.41, 5.74) is 0. The van der Waals surface area contributed by atoms with Crippen LogP contribution >= 0.6 is 0 Å². The van der Waals surface area contributed by atoms with E-state index >= 15 is 0 Å². The topological polar surface area (TPSA) is 70.7 Å². The van der Waals surface area contributed by atoms with Gasteiger partial charge in [0.2, 0.25) is 5.82 Å². The zero-order valence-electron chi connectivity index (χ0n) is 12.8. The first-order valence-electron chi connectivity index (χ1n) is 7.76. The van der Waals surface area contributed by atoms with Gasteiger partial charge in [0.05, 0.1) is 0 Å². The molecule has 0 aromatic carbocycles. The third-order valence-electron chi connectivity index (χ3n) is 4.14. The molecule has 1 fully saturated rings. The fourth-order valence-electron chi connectivity index (χ4n) is 2.92. The van der Waals surface area contributed by atoms with E-state index < -0.39 is 0 Å². The van der Waals surface area contributed by atoms with Crippen molar-refractivity contribution in [1.29, 1.82) is 0 Å². The quantitative estimate of drug-likeness (QED) is 0.870. The van der Waals surface area contributed by atoms with Gasteiger partial charge >= 0.3 is 0 Å². The van der Waals surface area contributed by atoms with E-state index in [9.17, 15) is 4.79 Å². The Bertz CT molecular complexity index is 441. The minimum Gasteiger partial charge on any atom is -0.349 e. The summed E-state index contributed by atoms with van der Waals surface area (Å²) in [6, 6.07) is 0. The maximum absolute atomic E-state index is 11.9. The summed E-state index contributed by atoms with van der Waals surface area (Å²) in [5.74, 6) is 2.70. The largest absolute Gasteiger partial charge is 0.349 e. The number of carbonyl (C=O) groups is 1. The van der Waals surface area contributed by atoms with Crippen LogP contribution in [0.1, 0.15) is 75.2 Å². The van der Waals surface area contributed by atoms with Crippen molar-refractivity contribution in [1.82, 2.24) is 20.5 Å². The predicted octanol–water partition coefficient (Wildman–Crippen LogP) is 2.87. The van der Waals surface area contributed by atoms with Crippen LogP contribution in [0.25, 0.3) is 0 Å². The molecule has 1 saturated carbocycles. The Balaban J connectivity index is 1.74. The highest BCUT2D eigenvalue weighted by atomic mass is 16.2. The Morgan fingerprint density at radius 1 is 1.45 bits per heavy atom. The monoisotopic (exact) mass is 278 g/mol. The summed E-state index contributed by atoms with van der Waals surface area (Å²) in [6.45, 7) is 7.09. The van der Waals surface area contributed by atoms with Crippen LogP contribution < -0.4 is 5.32 Å². The minimum atomic E-state index is -0.169. The maximum Gasteiger partial charge on any atom is 0.290 e. The molecular formula is C15H26N4O. The molecule has 1 heterocycles. The van der Waals surface area contributed by atoms with E-state index in [0.717, 1.165) is 30.6 Å². The molecule has 2 N–H and O–H groups in total. The Morgan fingerprint density at radius 2 is 2.25 bits per heavy atom. The summed E-state index contributed by atoms with van der Waals surface area (Å²) in [7, 11) is 0. The Labute approximate surface area is 120 Å². The molecule has 5 nitrogen and oxygen atoms in total. The molecule has 0 spiro atoms. The summed E-state index contributed by atoms with van der Waals surface area (Å²) in [6.07, 6.45) is 6.36. The zero-order valence-corrected chi connectivity index (χ0v) is 12.8. The number of aromatic nitrogens is 3. The molecule has 1 aromatic rings. The first-order chi connectivity index (χ1) is 9.56. The Kier molecular flexibility index (Phi) is 5.15. The van der Waals surface area contributed by atoms with E-state index in [1.807, 2.05) is 13.8 Å². The molecule has 20 heavy (non-hydrogen) atoms. The first-order valence-corrected chi connectivity index (χ1v) is 7.76. The average molecular weight is 278 g/mol. The molecule has 1 amide bonds. The number of H-pyrrole nitrogens is 1. The number of hydrogen-bond donors (Lipinski definition) is 2. The van der Waals surface area contributed by atoms with Gasteiger partial charge in [-0.1, -0.05) is 40.0 Å². The van der Waals surface area contributed by atoms with Gasteiger partial charge in [0.1, 0.15) is 5.82 Å². The zero-order chi connectivity index (χ0) is 14.5. The van der Waals surface area contributed by atoms with Gasteiger partial charge in [0.15, 0.2) is 0 Å². The second kappa shape index (κ2) is 6.86. The van der Waals surface area contributed by atoms with E-state index in [4.69, 9.17) is 0 Å². The molecule has 2 atom stereocenters. The van der Waals surface area contributed by atoms with Gasteiger partial charge < -0.3 is 5.32 Å². The SMILES string of the molecule is CC1CCCC(CCNC(=O)c2n[nH]c(C(C)C)n2)C1. The van der Waals surface area contributed by atoms with Crippen molar-refractivity contribution in [2.24, 2.45) is 11.8 Å². The van der Waals surface area contributed by atoms with Crippen molar-refractivity contribution in [3.8, 4) is 0 Å². The number of rotatable bonds is 5. The van der Waals surface area contributed by atoms with Crippen molar-refractivity contribution >= 4 is 5.91 Å². The smallest absolute Gasteiger partial charge is 0.290 e. The molecule has 1 aliphatic rings. The molecule has 0 radical (unpaired) electrons. The van der Waals surface area contributed by atoms with Crippen LogP contribution in [0.5, 0.6) is 0 Å². The average Bonchev–Trinajstić information content (AvgIpc) is 2.88. The number of carbonyl (C=O) groups excluding carboxylic acids is 1. The summed E-state index contributed by atoms with van der Waals surface area (Å²) in [4.78, 5) is 16.1. The lowest BCUT2D eigenvalue weighted by molar-refractivity contribution is 0.0939. The maximum atomic E-state index is 11.9. The van der Waals surface area contributed by atoms with E-state index in [2.05, 4.69) is 27.4 Å². The van der Waals surface area contributed by atoms with Gasteiger partial charge in [-0.2, -0.15) is 0 Å². The van der Waals surface area contributed by atoms with Crippen LogP contribution in [0, 0.1) is 11.8 Å². The molecule has 0 saturated heterocycles. The first kappa shape index (κ1) is 15.0. The van der Waals surface area contributed by atoms with Crippen molar-refractivity contribution in [3.05, 3.63) is 11.6 Å². The highest BCUT2D eigenvalue weighted by Crippen LogP contribution is 2.30. The summed E-state index contributed by atoms with van der Waals surface area (Å²) < 4.78 is 0. The number of nitrogens with one attached hydrogen (secondary N) is 2. The molecule has 2 unspecified atom stereocenters. The predicted molar refractivity (Wildman–Crippen MR) is 78.5 cm³/mol. The van der Waals surface area contributed by atoms with Gasteiger partial charge in [-0.3, -0.25) is 9.89 Å². The fraction of sp³-hybridized carbons (Fsp3) is 0.800. The second-order valence-corrected chi connectivity index (χ2v) is 6.38. The highest BCUT2D eigenvalue weighted by Gasteiger charge is 2.19. The molecule has 112 valence electrons. The minimum absolute atomic E-state index is 0.169. The van der Waals surface area contributed by atoms with Crippen LogP contribution in [0.15, 0.2) is 0 Å². The lowest BCUT2D eigenvalue weighted by Gasteiger charge is -2.26. The molecule has 0 aliphatic heterocycles. The molecule has 0 bridgehead atoms. The molecule has 2 rings (SSSR count). The lowest BCUT2D eigenvalue weighted by atomic mass is 9.81. The number of nitrogens with zero attached hydrogens (tertiary/aromatic N) is 2. The number of hydrogen-bond acceptors (Lipinski definition) is 3. The number of amides is 1. The van der Waals surface area contributed by atoms with E-state index in [0.29, 0.717) is 0 Å². The Hall–Kier alpha value is -1.39. The van der Waals surface area contributed by atoms with Gasteiger partial charge in [-0.25, -0.2) is 4.98 Å². The summed E-state index contributed by atoms with van der Waals surface area (Å²) in [5, 5.41) is 9.71. The highest BCUT2D eigenvalue weighted by molar-refractivity contribution is 5.90. The third-order valence-corrected chi connectivity index (χ3v) is 4.14. The summed E-state index contributed by atoms with van der Waals surface area (Å²) >= 11 is 0. The van der Waals surface area contributed by atoms with Crippen molar-refractivity contribution in [2.45, 2.75) is 58.8 Å². The van der Waals surface area contributed by atoms with Crippen molar-refractivity contribution in [3.63, 3.8) is 0 Å². The van der Waals surface area contributed by atoms with Crippen molar-refractivity contribution in [2.75, 3.05) is 6.54 Å². The number of aromatic amines is 1. The fourth-order valence-corrected chi connectivity index (χ4v) is 2.92.